The van der Waals surface area contributed by atoms with Gasteiger partial charge in [-0.25, -0.2) is 8.78 Å². The minimum atomic E-state index is -0.482. The Bertz CT molecular complexity index is 854. The molecule has 2 fully saturated rings. The fourth-order valence-electron chi connectivity index (χ4n) is 5.36. The van der Waals surface area contributed by atoms with E-state index in [1.807, 2.05) is 6.92 Å². The highest BCUT2D eigenvalue weighted by Crippen LogP contribution is 2.49. The van der Waals surface area contributed by atoms with Crippen molar-refractivity contribution in [2.75, 3.05) is 7.11 Å². The van der Waals surface area contributed by atoms with Gasteiger partial charge in [0.1, 0.15) is 24.8 Å². The number of benzene rings is 2. The summed E-state index contributed by atoms with van der Waals surface area (Å²) in [6, 6.07) is 12.4. The Morgan fingerprint density at radius 2 is 1.58 bits per heavy atom. The van der Waals surface area contributed by atoms with Gasteiger partial charge in [-0.1, -0.05) is 36.3 Å². The number of ether oxygens (including phenoxy) is 1. The summed E-state index contributed by atoms with van der Waals surface area (Å²) < 4.78 is 33.9. The second-order valence-electron chi connectivity index (χ2n) is 8.61. The van der Waals surface area contributed by atoms with Crippen LogP contribution in [0.25, 0.3) is 0 Å². The van der Waals surface area contributed by atoms with Crippen LogP contribution in [0.5, 0.6) is 0 Å². The van der Waals surface area contributed by atoms with Crippen LogP contribution in [0.2, 0.25) is 0 Å². The molecule has 166 valence electrons. The maximum Gasteiger partial charge on any atom is 0.123 e. The molecule has 2 aromatic carbocycles. The molecule has 0 heterocycles. The van der Waals surface area contributed by atoms with Crippen LogP contribution in [0.4, 0.5) is 8.78 Å². The second kappa shape index (κ2) is 9.45. The summed E-state index contributed by atoms with van der Waals surface area (Å²) in [6.45, 7) is 2.03. The molecule has 0 spiro atoms. The fourth-order valence-corrected chi connectivity index (χ4v) is 5.36. The highest BCUT2D eigenvalue weighted by atomic mass is 19.1. The summed E-state index contributed by atoms with van der Waals surface area (Å²) in [4.78, 5) is 5.11. The third-order valence-electron chi connectivity index (χ3n) is 6.71. The first-order valence-electron chi connectivity index (χ1n) is 10.9. The average Bonchev–Trinajstić information content (AvgIpc) is 3.06. The normalized spacial score (nSPS) is 28.2. The third-order valence-corrected chi connectivity index (χ3v) is 6.71. The molecule has 6 heteroatoms. The molecule has 5 atom stereocenters. The molecular formula is C25H29F2NO3. The lowest BCUT2D eigenvalue weighted by molar-refractivity contribution is -0.0539. The molecule has 2 aromatic rings. The van der Waals surface area contributed by atoms with Crippen molar-refractivity contribution in [2.45, 2.75) is 50.9 Å². The number of halogens is 2. The van der Waals surface area contributed by atoms with Crippen molar-refractivity contribution in [1.82, 2.24) is 0 Å². The first kappa shape index (κ1) is 21.9. The number of rotatable bonds is 7. The van der Waals surface area contributed by atoms with Crippen molar-refractivity contribution in [3.63, 3.8) is 0 Å². The van der Waals surface area contributed by atoms with Crippen LogP contribution in [-0.4, -0.2) is 30.1 Å². The largest absolute Gasteiger partial charge is 0.399 e. The van der Waals surface area contributed by atoms with Crippen molar-refractivity contribution < 1.29 is 23.5 Å². The number of aliphatic hydroxyl groups excluding tert-OH is 1. The first-order chi connectivity index (χ1) is 15.0. The number of aliphatic hydroxyl groups is 1. The molecule has 2 saturated carbocycles. The predicted octanol–water partition coefficient (Wildman–Crippen LogP) is 5.26. The molecule has 1 N–H and O–H groups in total. The quantitative estimate of drug-likeness (QED) is 0.483. The smallest absolute Gasteiger partial charge is 0.123 e. The zero-order valence-electron chi connectivity index (χ0n) is 17.9. The Morgan fingerprint density at radius 3 is 2.10 bits per heavy atom. The van der Waals surface area contributed by atoms with Gasteiger partial charge in [0, 0.05) is 5.92 Å². The summed E-state index contributed by atoms with van der Waals surface area (Å²) in [6.07, 6.45) is 2.17. The Hall–Kier alpha value is -2.31. The van der Waals surface area contributed by atoms with Crippen molar-refractivity contribution >= 4 is 5.71 Å². The van der Waals surface area contributed by atoms with Crippen molar-refractivity contribution in [1.29, 1.82) is 0 Å². The molecule has 4 rings (SSSR count). The van der Waals surface area contributed by atoms with Crippen LogP contribution in [0.3, 0.4) is 0 Å². The van der Waals surface area contributed by atoms with E-state index in [0.29, 0.717) is 12.3 Å². The zero-order valence-corrected chi connectivity index (χ0v) is 17.9. The van der Waals surface area contributed by atoms with Gasteiger partial charge >= 0.3 is 0 Å². The lowest BCUT2D eigenvalue weighted by atomic mass is 9.74. The lowest BCUT2D eigenvalue weighted by Crippen LogP contribution is -2.42. The standard InChI is InChI=1S/C25H29F2NO3/c1-3-21(28-30-2)24-20-12-15(13-22(20)29)14-23(24)31-25(16-4-8-18(26)9-5-16)17-6-10-19(27)11-7-17/h4-11,15,20,22-25,29H,3,12-14H2,1-2H3/t15?,20-,22?,23-,24+/m1/s1. The van der Waals surface area contributed by atoms with Gasteiger partial charge in [-0.15, -0.1) is 0 Å². The fraction of sp³-hybridized carbons (Fsp3) is 0.480. The molecular weight excluding hydrogens is 400 g/mol. The van der Waals surface area contributed by atoms with Crippen molar-refractivity contribution in [3.05, 3.63) is 71.3 Å². The summed E-state index contributed by atoms with van der Waals surface area (Å²) in [5.41, 5.74) is 2.48. The molecule has 4 nitrogen and oxygen atoms in total. The van der Waals surface area contributed by atoms with Gasteiger partial charge in [0.2, 0.25) is 0 Å². The summed E-state index contributed by atoms with van der Waals surface area (Å²) in [5, 5.41) is 15.0. The number of hydrogen-bond donors (Lipinski definition) is 1. The van der Waals surface area contributed by atoms with Gasteiger partial charge in [0.15, 0.2) is 0 Å². The number of oxime groups is 1. The van der Waals surface area contributed by atoms with Crippen LogP contribution in [0.15, 0.2) is 53.7 Å². The highest BCUT2D eigenvalue weighted by Gasteiger charge is 2.49. The second-order valence-corrected chi connectivity index (χ2v) is 8.61. The van der Waals surface area contributed by atoms with Gasteiger partial charge in [0.25, 0.3) is 0 Å². The van der Waals surface area contributed by atoms with Crippen LogP contribution < -0.4 is 0 Å². The highest BCUT2D eigenvalue weighted by molar-refractivity contribution is 5.87. The van der Waals surface area contributed by atoms with E-state index in [4.69, 9.17) is 9.57 Å². The lowest BCUT2D eigenvalue weighted by Gasteiger charge is -2.39. The number of nitrogens with zero attached hydrogens (tertiary/aromatic N) is 1. The number of fused-ring (bicyclic) bond motifs is 2. The summed E-state index contributed by atoms with van der Waals surface area (Å²) in [5.74, 6) is -0.247. The molecule has 2 bridgehead atoms. The molecule has 31 heavy (non-hydrogen) atoms. The molecule has 0 aliphatic heterocycles. The predicted molar refractivity (Wildman–Crippen MR) is 115 cm³/mol. The SMILES string of the molecule is CCC(=NOC)[C@@H]1[C@@H]2CC(CC2O)C[C@H]1OC(c1ccc(F)cc1)c1ccc(F)cc1. The number of hydrogen-bond acceptors (Lipinski definition) is 4. The molecule has 0 aromatic heterocycles. The summed E-state index contributed by atoms with van der Waals surface area (Å²) in [7, 11) is 1.53. The minimum Gasteiger partial charge on any atom is -0.399 e. The molecule has 0 saturated heterocycles. The van der Waals surface area contributed by atoms with E-state index in [1.165, 1.54) is 31.4 Å². The van der Waals surface area contributed by atoms with E-state index in [-0.39, 0.29) is 35.7 Å². The monoisotopic (exact) mass is 429 g/mol. The first-order valence-corrected chi connectivity index (χ1v) is 10.9. The Balaban J connectivity index is 1.70. The molecule has 0 amide bonds. The summed E-state index contributed by atoms with van der Waals surface area (Å²) >= 11 is 0. The maximum absolute atomic E-state index is 13.6. The van der Waals surface area contributed by atoms with E-state index >= 15 is 0 Å². The van der Waals surface area contributed by atoms with Gasteiger partial charge in [-0.05, 0) is 72.9 Å². The zero-order chi connectivity index (χ0) is 22.0. The van der Waals surface area contributed by atoms with Crippen molar-refractivity contribution in [2.24, 2.45) is 22.9 Å². The molecule has 2 aliphatic rings. The third kappa shape index (κ3) is 4.65. The average molecular weight is 430 g/mol. The van der Waals surface area contributed by atoms with Gasteiger partial charge in [-0.2, -0.15) is 0 Å². The van der Waals surface area contributed by atoms with E-state index in [2.05, 4.69) is 5.16 Å². The van der Waals surface area contributed by atoms with Crippen LogP contribution in [0, 0.1) is 29.4 Å². The molecule has 0 radical (unpaired) electrons. The van der Waals surface area contributed by atoms with Gasteiger partial charge in [-0.3, -0.25) is 0 Å². The van der Waals surface area contributed by atoms with Crippen LogP contribution in [0.1, 0.15) is 49.8 Å². The Labute approximate surface area is 181 Å². The van der Waals surface area contributed by atoms with Crippen molar-refractivity contribution in [3.8, 4) is 0 Å². The van der Waals surface area contributed by atoms with E-state index < -0.39 is 6.10 Å². The van der Waals surface area contributed by atoms with E-state index in [0.717, 1.165) is 36.1 Å². The van der Waals surface area contributed by atoms with Crippen LogP contribution >= 0.6 is 0 Å². The van der Waals surface area contributed by atoms with E-state index in [9.17, 15) is 13.9 Å². The Morgan fingerprint density at radius 1 is 1.00 bits per heavy atom. The molecule has 2 aliphatic carbocycles. The van der Waals surface area contributed by atoms with Gasteiger partial charge in [0.05, 0.1) is 17.9 Å². The topological polar surface area (TPSA) is 51.0 Å². The maximum atomic E-state index is 13.6. The Kier molecular flexibility index (Phi) is 6.68. The van der Waals surface area contributed by atoms with E-state index in [1.54, 1.807) is 24.3 Å². The minimum absolute atomic E-state index is 0.0675. The van der Waals surface area contributed by atoms with Crippen LogP contribution in [-0.2, 0) is 9.57 Å². The van der Waals surface area contributed by atoms with Gasteiger partial charge < -0.3 is 14.7 Å². The molecule has 2 unspecified atom stereocenters.